The van der Waals surface area contributed by atoms with Crippen LogP contribution < -0.4 is 0 Å². The first-order chi connectivity index (χ1) is 14.5. The minimum atomic E-state index is -0.832. The third kappa shape index (κ3) is 3.42. The van der Waals surface area contributed by atoms with E-state index in [2.05, 4.69) is 10.2 Å². The molecule has 0 spiro atoms. The van der Waals surface area contributed by atoms with Gasteiger partial charge in [0.15, 0.2) is 0 Å². The Morgan fingerprint density at radius 1 is 0.767 bits per heavy atom. The number of aromatic nitrogens is 1. The molecule has 4 rings (SSSR count). The van der Waals surface area contributed by atoms with Gasteiger partial charge in [-0.15, -0.1) is 10.2 Å². The van der Waals surface area contributed by atoms with E-state index in [4.69, 9.17) is 11.6 Å². The van der Waals surface area contributed by atoms with Crippen LogP contribution in [0.5, 0.6) is 11.8 Å². The summed E-state index contributed by atoms with van der Waals surface area (Å²) in [6.07, 6.45) is 0. The quantitative estimate of drug-likeness (QED) is 0.449. The van der Waals surface area contributed by atoms with Crippen LogP contribution in [-0.2, 0) is 0 Å². The maximum Gasteiger partial charge on any atom is 0.297 e. The van der Waals surface area contributed by atoms with Crippen molar-refractivity contribution in [2.75, 3.05) is 0 Å². The minimum Gasteiger partial charge on any atom is -0.494 e. The summed E-state index contributed by atoms with van der Waals surface area (Å²) < 4.78 is 1.18. The van der Waals surface area contributed by atoms with Crippen molar-refractivity contribution < 1.29 is 19.8 Å². The average Bonchev–Trinajstić information content (AvgIpc) is 3.03. The van der Waals surface area contributed by atoms with Gasteiger partial charge in [0, 0.05) is 16.3 Å². The van der Waals surface area contributed by atoms with E-state index in [0.717, 1.165) is 0 Å². The van der Waals surface area contributed by atoms with Gasteiger partial charge < -0.3 is 10.2 Å². The molecular formula is C22H14ClN3O4. The minimum absolute atomic E-state index is 0.0321. The zero-order valence-electron chi connectivity index (χ0n) is 15.4. The molecule has 0 fully saturated rings. The van der Waals surface area contributed by atoms with Crippen molar-refractivity contribution in [1.29, 1.82) is 0 Å². The number of benzene rings is 3. The topological polar surface area (TPSA) is 104 Å². The van der Waals surface area contributed by atoms with Gasteiger partial charge in [-0.2, -0.15) is 0 Å². The maximum absolute atomic E-state index is 12.5. The molecule has 2 amide bonds. The van der Waals surface area contributed by atoms with Crippen LogP contribution in [0.1, 0.15) is 20.7 Å². The van der Waals surface area contributed by atoms with Gasteiger partial charge in [-0.25, -0.2) is 0 Å². The van der Waals surface area contributed by atoms with Crippen LogP contribution >= 0.6 is 11.6 Å². The standard InChI is InChI=1S/C22H14ClN3O4/c23-18-11-10-14(26-21(29)15-8-4-5-9-16(15)22(26)30)12-17(18)20(28)25-24-19(27)13-6-2-1-3-7-13/h1-12,29-30H. The van der Waals surface area contributed by atoms with Gasteiger partial charge >= 0.3 is 0 Å². The van der Waals surface area contributed by atoms with Crippen LogP contribution in [0.25, 0.3) is 16.5 Å². The van der Waals surface area contributed by atoms with E-state index in [1.165, 1.54) is 22.8 Å². The monoisotopic (exact) mass is 419 g/mol. The van der Waals surface area contributed by atoms with E-state index in [1.807, 2.05) is 0 Å². The van der Waals surface area contributed by atoms with Gasteiger partial charge in [0.1, 0.15) is 0 Å². The third-order valence-corrected chi connectivity index (χ3v) is 4.85. The highest BCUT2D eigenvalue weighted by molar-refractivity contribution is 6.34. The van der Waals surface area contributed by atoms with Crippen LogP contribution in [0.3, 0.4) is 0 Å². The Hall–Kier alpha value is -3.97. The Kier molecular flexibility index (Phi) is 5.04. The molecule has 0 bridgehead atoms. The first-order valence-electron chi connectivity index (χ1n) is 8.84. The van der Waals surface area contributed by atoms with Crippen molar-refractivity contribution in [2.24, 2.45) is 10.2 Å². The van der Waals surface area contributed by atoms with Crippen LogP contribution in [-0.4, -0.2) is 26.6 Å². The summed E-state index contributed by atoms with van der Waals surface area (Å²) in [7, 11) is 0. The van der Waals surface area contributed by atoms with Crippen molar-refractivity contribution in [3.05, 3.63) is 88.9 Å². The largest absolute Gasteiger partial charge is 0.494 e. The second-order valence-corrected chi connectivity index (χ2v) is 6.78. The normalized spacial score (nSPS) is 11.2. The summed E-state index contributed by atoms with van der Waals surface area (Å²) in [6.45, 7) is 0. The number of amides is 2. The second kappa shape index (κ2) is 7.81. The number of aromatic hydroxyl groups is 2. The van der Waals surface area contributed by atoms with E-state index in [-0.39, 0.29) is 22.3 Å². The molecule has 0 radical (unpaired) electrons. The molecule has 0 aliphatic heterocycles. The van der Waals surface area contributed by atoms with Gasteiger partial charge in [-0.3, -0.25) is 14.2 Å². The maximum atomic E-state index is 12.5. The van der Waals surface area contributed by atoms with Crippen LogP contribution in [0, 0.1) is 0 Å². The fourth-order valence-corrected chi connectivity index (χ4v) is 3.26. The lowest BCUT2D eigenvalue weighted by Gasteiger charge is -2.09. The summed E-state index contributed by atoms with van der Waals surface area (Å²) in [5.41, 5.74) is 0.552. The van der Waals surface area contributed by atoms with Crippen molar-refractivity contribution in [3.8, 4) is 17.4 Å². The molecule has 1 heterocycles. The molecule has 8 heteroatoms. The molecule has 4 aromatic rings. The first kappa shape index (κ1) is 19.4. The number of rotatable bonds is 3. The Bertz CT molecular complexity index is 1270. The molecular weight excluding hydrogens is 406 g/mol. The molecule has 0 saturated heterocycles. The zero-order valence-corrected chi connectivity index (χ0v) is 16.1. The highest BCUT2D eigenvalue weighted by Gasteiger charge is 2.19. The average molecular weight is 420 g/mol. The SMILES string of the molecule is O=C(N=NC(=O)c1cc(-n2c(O)c3ccccc3c2O)ccc1Cl)c1ccccc1. The van der Waals surface area contributed by atoms with E-state index in [9.17, 15) is 19.8 Å². The third-order valence-electron chi connectivity index (χ3n) is 4.52. The van der Waals surface area contributed by atoms with Crippen molar-refractivity contribution in [3.63, 3.8) is 0 Å². The van der Waals surface area contributed by atoms with Crippen molar-refractivity contribution in [2.45, 2.75) is 0 Å². The molecule has 0 saturated carbocycles. The van der Waals surface area contributed by atoms with Crippen LogP contribution in [0.15, 0.2) is 83.0 Å². The predicted octanol–water partition coefficient (Wildman–Crippen LogP) is 5.13. The van der Waals surface area contributed by atoms with Gasteiger partial charge in [-0.1, -0.05) is 41.9 Å². The van der Waals surface area contributed by atoms with Crippen molar-refractivity contribution >= 4 is 34.2 Å². The highest BCUT2D eigenvalue weighted by Crippen LogP contribution is 2.39. The first-order valence-corrected chi connectivity index (χ1v) is 9.22. The molecule has 2 N–H and O–H groups in total. The van der Waals surface area contributed by atoms with Gasteiger partial charge in [0.25, 0.3) is 11.8 Å². The number of hydrogen-bond acceptors (Lipinski definition) is 4. The summed E-state index contributed by atoms with van der Waals surface area (Å²) in [6, 6.07) is 19.3. The zero-order chi connectivity index (χ0) is 21.3. The molecule has 0 aliphatic carbocycles. The molecule has 0 aliphatic rings. The number of fused-ring (bicyclic) bond motifs is 1. The number of carbonyl (C=O) groups excluding carboxylic acids is 2. The lowest BCUT2D eigenvalue weighted by atomic mass is 10.2. The summed E-state index contributed by atoms with van der Waals surface area (Å²) in [5.74, 6) is -1.88. The van der Waals surface area contributed by atoms with Crippen LogP contribution in [0.2, 0.25) is 5.02 Å². The van der Waals surface area contributed by atoms with Gasteiger partial charge in [0.2, 0.25) is 11.8 Å². The Morgan fingerprint density at radius 3 is 1.97 bits per heavy atom. The second-order valence-electron chi connectivity index (χ2n) is 6.37. The van der Waals surface area contributed by atoms with E-state index >= 15 is 0 Å². The summed E-state index contributed by atoms with van der Waals surface area (Å²) in [4.78, 5) is 24.5. The van der Waals surface area contributed by atoms with Gasteiger partial charge in [0.05, 0.1) is 16.3 Å². The lowest BCUT2D eigenvalue weighted by Crippen LogP contribution is -2.01. The van der Waals surface area contributed by atoms with E-state index in [1.54, 1.807) is 54.6 Å². The van der Waals surface area contributed by atoms with E-state index in [0.29, 0.717) is 22.0 Å². The molecule has 1 aromatic heterocycles. The summed E-state index contributed by atoms with van der Waals surface area (Å²) in [5, 5.41) is 29.0. The predicted molar refractivity (Wildman–Crippen MR) is 112 cm³/mol. The number of carbonyl (C=O) groups is 2. The Morgan fingerprint density at radius 2 is 1.33 bits per heavy atom. The molecule has 3 aromatic carbocycles. The number of azo groups is 1. The number of hydrogen-bond donors (Lipinski definition) is 2. The van der Waals surface area contributed by atoms with Crippen LogP contribution in [0.4, 0.5) is 0 Å². The number of halogens is 1. The molecule has 7 nitrogen and oxygen atoms in total. The Balaban J connectivity index is 1.70. The highest BCUT2D eigenvalue weighted by atomic mass is 35.5. The molecule has 0 atom stereocenters. The lowest BCUT2D eigenvalue weighted by molar-refractivity contribution is 0.0947. The molecule has 148 valence electrons. The van der Waals surface area contributed by atoms with Crippen molar-refractivity contribution in [1.82, 2.24) is 4.57 Å². The molecule has 0 unspecified atom stereocenters. The fraction of sp³-hybridized carbons (Fsp3) is 0. The fourth-order valence-electron chi connectivity index (χ4n) is 3.06. The van der Waals surface area contributed by atoms with Gasteiger partial charge in [-0.05, 0) is 42.5 Å². The number of nitrogens with zero attached hydrogens (tertiary/aromatic N) is 3. The smallest absolute Gasteiger partial charge is 0.297 e. The Labute approximate surface area is 175 Å². The van der Waals surface area contributed by atoms with E-state index < -0.39 is 11.8 Å². The summed E-state index contributed by atoms with van der Waals surface area (Å²) >= 11 is 6.13. The molecule has 30 heavy (non-hydrogen) atoms.